The predicted molar refractivity (Wildman–Crippen MR) is 96.5 cm³/mol. The van der Waals surface area contributed by atoms with Crippen LogP contribution in [0, 0.1) is 0 Å². The van der Waals surface area contributed by atoms with Gasteiger partial charge in [-0.05, 0) is 57.5 Å². The minimum atomic E-state index is -3.57. The van der Waals surface area contributed by atoms with Crippen molar-refractivity contribution >= 4 is 10.0 Å². The summed E-state index contributed by atoms with van der Waals surface area (Å²) in [4.78, 5) is 0.281. The zero-order chi connectivity index (χ0) is 17.7. The standard InChI is InChI=1S/C19H25NO3S/c1-15(2)20(14-17-8-6-5-7-9-17)24(21,22)19-12-10-18(11-13-19)23-16(3)4/h5-13,15-16H,14H2,1-4H3. The van der Waals surface area contributed by atoms with E-state index in [1.54, 1.807) is 24.3 Å². The Kier molecular flexibility index (Phi) is 6.02. The molecule has 2 aromatic carbocycles. The molecule has 24 heavy (non-hydrogen) atoms. The summed E-state index contributed by atoms with van der Waals surface area (Å²) >= 11 is 0. The molecule has 0 saturated heterocycles. The van der Waals surface area contributed by atoms with Crippen molar-refractivity contribution in [3.8, 4) is 5.75 Å². The molecule has 0 spiro atoms. The van der Waals surface area contributed by atoms with E-state index < -0.39 is 10.0 Å². The first-order valence-corrected chi connectivity index (χ1v) is 9.57. The van der Waals surface area contributed by atoms with Gasteiger partial charge < -0.3 is 4.74 Å². The second-order valence-corrected chi connectivity index (χ2v) is 8.16. The van der Waals surface area contributed by atoms with Crippen molar-refractivity contribution in [3.05, 3.63) is 60.2 Å². The van der Waals surface area contributed by atoms with Crippen molar-refractivity contribution in [3.63, 3.8) is 0 Å². The van der Waals surface area contributed by atoms with Crippen molar-refractivity contribution in [2.24, 2.45) is 0 Å². The molecule has 0 aliphatic heterocycles. The SMILES string of the molecule is CC(C)Oc1ccc(S(=O)(=O)N(Cc2ccccc2)C(C)C)cc1. The molecule has 0 radical (unpaired) electrons. The Bertz CT molecular complexity index is 738. The van der Waals surface area contributed by atoms with Crippen LogP contribution in [0.4, 0.5) is 0 Å². The molecule has 0 bridgehead atoms. The van der Waals surface area contributed by atoms with Gasteiger partial charge in [0.1, 0.15) is 5.75 Å². The number of ether oxygens (including phenoxy) is 1. The molecule has 0 aromatic heterocycles. The van der Waals surface area contributed by atoms with E-state index in [4.69, 9.17) is 4.74 Å². The number of benzene rings is 2. The van der Waals surface area contributed by atoms with Crippen LogP contribution in [0.1, 0.15) is 33.3 Å². The molecule has 130 valence electrons. The maximum Gasteiger partial charge on any atom is 0.243 e. The van der Waals surface area contributed by atoms with Crippen molar-refractivity contribution in [2.45, 2.75) is 51.3 Å². The van der Waals surface area contributed by atoms with E-state index >= 15 is 0 Å². The smallest absolute Gasteiger partial charge is 0.243 e. The lowest BCUT2D eigenvalue weighted by atomic mass is 10.2. The molecule has 0 amide bonds. The summed E-state index contributed by atoms with van der Waals surface area (Å²) in [5, 5.41) is 0. The predicted octanol–water partition coefficient (Wildman–Crippen LogP) is 4.07. The van der Waals surface area contributed by atoms with Crippen molar-refractivity contribution in [2.75, 3.05) is 0 Å². The molecule has 2 aromatic rings. The molecule has 2 rings (SSSR count). The summed E-state index contributed by atoms with van der Waals surface area (Å²) in [7, 11) is -3.57. The summed E-state index contributed by atoms with van der Waals surface area (Å²) in [5.41, 5.74) is 0.967. The van der Waals surface area contributed by atoms with Gasteiger partial charge in [0.05, 0.1) is 11.0 Å². The molecule has 0 atom stereocenters. The van der Waals surface area contributed by atoms with Crippen LogP contribution >= 0.6 is 0 Å². The lowest BCUT2D eigenvalue weighted by Crippen LogP contribution is -2.36. The highest BCUT2D eigenvalue weighted by Crippen LogP contribution is 2.23. The lowest BCUT2D eigenvalue weighted by molar-refractivity contribution is 0.242. The number of nitrogens with zero attached hydrogens (tertiary/aromatic N) is 1. The van der Waals surface area contributed by atoms with Crippen LogP contribution in [0.25, 0.3) is 0 Å². The highest BCUT2D eigenvalue weighted by Gasteiger charge is 2.27. The van der Waals surface area contributed by atoms with Gasteiger partial charge in [0.25, 0.3) is 0 Å². The van der Waals surface area contributed by atoms with E-state index in [0.717, 1.165) is 5.56 Å². The minimum Gasteiger partial charge on any atom is -0.491 e. The highest BCUT2D eigenvalue weighted by molar-refractivity contribution is 7.89. The van der Waals surface area contributed by atoms with Crippen LogP contribution in [-0.2, 0) is 16.6 Å². The molecule has 0 N–H and O–H groups in total. The van der Waals surface area contributed by atoms with E-state index in [1.807, 2.05) is 58.0 Å². The summed E-state index contributed by atoms with van der Waals surface area (Å²) < 4.78 is 33.1. The molecule has 5 heteroatoms. The van der Waals surface area contributed by atoms with Gasteiger partial charge in [-0.25, -0.2) is 8.42 Å². The second kappa shape index (κ2) is 7.81. The Hall–Kier alpha value is -1.85. The molecule has 0 heterocycles. The Balaban J connectivity index is 2.27. The summed E-state index contributed by atoms with van der Waals surface area (Å²) in [6, 6.07) is 16.1. The molecule has 0 fully saturated rings. The van der Waals surface area contributed by atoms with Gasteiger partial charge in [0.2, 0.25) is 10.0 Å². The van der Waals surface area contributed by atoms with Crippen molar-refractivity contribution < 1.29 is 13.2 Å². The van der Waals surface area contributed by atoms with E-state index in [1.165, 1.54) is 4.31 Å². The average molecular weight is 347 g/mol. The molecule has 4 nitrogen and oxygen atoms in total. The molecule has 0 aliphatic carbocycles. The number of rotatable bonds is 7. The fourth-order valence-corrected chi connectivity index (χ4v) is 4.03. The third-order valence-electron chi connectivity index (χ3n) is 3.56. The highest BCUT2D eigenvalue weighted by atomic mass is 32.2. The van der Waals surface area contributed by atoms with Gasteiger partial charge >= 0.3 is 0 Å². The zero-order valence-electron chi connectivity index (χ0n) is 14.6. The Labute approximate surface area is 145 Å². The third-order valence-corrected chi connectivity index (χ3v) is 5.60. The van der Waals surface area contributed by atoms with Gasteiger partial charge in [-0.2, -0.15) is 4.31 Å². The van der Waals surface area contributed by atoms with Crippen LogP contribution < -0.4 is 4.74 Å². The van der Waals surface area contributed by atoms with E-state index in [-0.39, 0.29) is 17.0 Å². The monoisotopic (exact) mass is 347 g/mol. The second-order valence-electron chi connectivity index (χ2n) is 6.27. The van der Waals surface area contributed by atoms with E-state index in [2.05, 4.69) is 0 Å². The fourth-order valence-electron chi connectivity index (χ4n) is 2.41. The summed E-state index contributed by atoms with van der Waals surface area (Å²) in [5.74, 6) is 0.670. The van der Waals surface area contributed by atoms with Gasteiger partial charge in [-0.3, -0.25) is 0 Å². The molecular formula is C19H25NO3S. The normalized spacial score (nSPS) is 12.1. The van der Waals surface area contributed by atoms with Crippen LogP contribution in [0.2, 0.25) is 0 Å². The Morgan fingerprint density at radius 1 is 0.917 bits per heavy atom. The number of sulfonamides is 1. The molecule has 0 saturated carbocycles. The molecule has 0 aliphatic rings. The van der Waals surface area contributed by atoms with Crippen LogP contribution in [0.3, 0.4) is 0 Å². The lowest BCUT2D eigenvalue weighted by Gasteiger charge is -2.26. The van der Waals surface area contributed by atoms with Gasteiger partial charge in [-0.1, -0.05) is 30.3 Å². The first kappa shape index (κ1) is 18.5. The topological polar surface area (TPSA) is 46.6 Å². The van der Waals surface area contributed by atoms with Gasteiger partial charge in [0.15, 0.2) is 0 Å². The average Bonchev–Trinajstić information content (AvgIpc) is 2.53. The summed E-state index contributed by atoms with van der Waals surface area (Å²) in [6.45, 7) is 7.99. The first-order chi connectivity index (χ1) is 11.3. The quantitative estimate of drug-likeness (QED) is 0.758. The Morgan fingerprint density at radius 2 is 1.50 bits per heavy atom. The first-order valence-electron chi connectivity index (χ1n) is 8.13. The maximum atomic E-state index is 13.0. The van der Waals surface area contributed by atoms with Gasteiger partial charge in [0, 0.05) is 12.6 Å². The van der Waals surface area contributed by atoms with Crippen LogP contribution in [0.5, 0.6) is 5.75 Å². The largest absolute Gasteiger partial charge is 0.491 e. The molecular weight excluding hydrogens is 322 g/mol. The van der Waals surface area contributed by atoms with Crippen molar-refractivity contribution in [1.82, 2.24) is 4.31 Å². The van der Waals surface area contributed by atoms with Crippen LogP contribution in [-0.4, -0.2) is 24.9 Å². The fraction of sp³-hybridized carbons (Fsp3) is 0.368. The third kappa shape index (κ3) is 4.58. The molecule has 0 unspecified atom stereocenters. The summed E-state index contributed by atoms with van der Waals surface area (Å²) in [6.07, 6.45) is 0.0534. The number of hydrogen-bond donors (Lipinski definition) is 0. The van der Waals surface area contributed by atoms with E-state index in [0.29, 0.717) is 12.3 Å². The van der Waals surface area contributed by atoms with E-state index in [9.17, 15) is 8.42 Å². The zero-order valence-corrected chi connectivity index (χ0v) is 15.5. The van der Waals surface area contributed by atoms with Crippen molar-refractivity contribution in [1.29, 1.82) is 0 Å². The Morgan fingerprint density at radius 3 is 2.00 bits per heavy atom. The van der Waals surface area contributed by atoms with Crippen LogP contribution in [0.15, 0.2) is 59.5 Å². The minimum absolute atomic E-state index is 0.0534. The maximum absolute atomic E-state index is 13.0. The van der Waals surface area contributed by atoms with Gasteiger partial charge in [-0.15, -0.1) is 0 Å². The number of hydrogen-bond acceptors (Lipinski definition) is 3.